The summed E-state index contributed by atoms with van der Waals surface area (Å²) >= 11 is 6.24. The Hall–Kier alpha value is -4.63. The van der Waals surface area contributed by atoms with E-state index in [0.717, 1.165) is 37.7 Å². The zero-order valence-corrected chi connectivity index (χ0v) is 38.9. The Labute approximate surface area is 372 Å². The topological polar surface area (TPSA) is 198 Å². The van der Waals surface area contributed by atoms with Crippen LogP contribution in [0.25, 0.3) is 0 Å². The third-order valence-corrected chi connectivity index (χ3v) is 10.9. The van der Waals surface area contributed by atoms with Crippen molar-refractivity contribution in [1.82, 2.24) is 36.3 Å². The van der Waals surface area contributed by atoms with E-state index in [1.165, 1.54) is 36.3 Å². The highest BCUT2D eigenvalue weighted by atomic mass is 35.5. The Morgan fingerprint density at radius 1 is 0.919 bits per heavy atom. The number of amides is 4. The van der Waals surface area contributed by atoms with E-state index in [4.69, 9.17) is 21.2 Å². The molecule has 5 rings (SSSR count). The zero-order chi connectivity index (χ0) is 46.0. The summed E-state index contributed by atoms with van der Waals surface area (Å²) in [7, 11) is 0. The lowest BCUT2D eigenvalue weighted by atomic mass is 9.82. The lowest BCUT2D eigenvalue weighted by molar-refractivity contribution is -0.164. The van der Waals surface area contributed by atoms with Crippen LogP contribution in [-0.4, -0.2) is 93.1 Å². The molecule has 16 heteroatoms. The SMILES string of the molecule is CCC.CCC.CCC[C@@H](NOC(=O)[C@@H]1C[C@@H](Oc2ccc(Cl)c(C)c2)CN1C(=O)[C@@H](NC(=O)C(NC(=O)c1cnccn1)C1CCCCC1)C(C)(C)C)C(=O)C(=O)NC1CC1. The highest BCUT2D eigenvalue weighted by molar-refractivity contribution is 6.38. The Bertz CT molecular complexity index is 1780. The van der Waals surface area contributed by atoms with Crippen molar-refractivity contribution in [3.63, 3.8) is 0 Å². The van der Waals surface area contributed by atoms with Crippen molar-refractivity contribution in [1.29, 1.82) is 0 Å². The van der Waals surface area contributed by atoms with E-state index in [0.29, 0.717) is 30.0 Å². The number of halogens is 1. The number of carbonyl (C=O) groups is 6. The van der Waals surface area contributed by atoms with Gasteiger partial charge in [0.2, 0.25) is 17.6 Å². The standard InChI is InChI=1S/C40H54ClN7O8.2C3H8/c1-6-10-29(33(49)37(52)44-25-13-14-25)47-56-39(54)31-20-27(55-26-15-16-28(41)23(2)19-26)22-48(31)38(53)34(40(3,4)5)46-36(51)32(24-11-8-7-9-12-24)45-35(50)30-21-42-17-18-43-30;2*1-3-2/h15-19,21,24-25,27,29,31-32,34,47H,6-14,20,22H2,1-5H3,(H,44,52)(H,45,50)(H,46,51);2*3H2,1-2H3/t27-,29-,31+,32?,34-;;/m1../s1. The minimum absolute atomic E-state index is 0.0284. The maximum atomic E-state index is 14.7. The van der Waals surface area contributed by atoms with Gasteiger partial charge in [-0.25, -0.2) is 9.78 Å². The number of ether oxygens (including phenoxy) is 1. The second-order valence-corrected chi connectivity index (χ2v) is 18.0. The van der Waals surface area contributed by atoms with E-state index in [-0.39, 0.29) is 37.0 Å². The van der Waals surface area contributed by atoms with Gasteiger partial charge in [0.05, 0.1) is 12.7 Å². The molecule has 15 nitrogen and oxygen atoms in total. The van der Waals surface area contributed by atoms with Crippen LogP contribution in [0, 0.1) is 18.3 Å². The molecule has 1 unspecified atom stereocenters. The predicted octanol–water partition coefficient (Wildman–Crippen LogP) is 6.59. The van der Waals surface area contributed by atoms with E-state index >= 15 is 0 Å². The fourth-order valence-electron chi connectivity index (χ4n) is 7.15. The van der Waals surface area contributed by atoms with Gasteiger partial charge in [0.15, 0.2) is 0 Å². The zero-order valence-electron chi connectivity index (χ0n) is 38.2. The van der Waals surface area contributed by atoms with E-state index in [2.05, 4.69) is 59.1 Å². The Morgan fingerprint density at radius 2 is 1.58 bits per heavy atom. The van der Waals surface area contributed by atoms with E-state index in [1.54, 1.807) is 39.0 Å². The molecule has 4 N–H and O–H groups in total. The average molecular weight is 885 g/mol. The van der Waals surface area contributed by atoms with Crippen molar-refractivity contribution in [3.8, 4) is 5.75 Å². The van der Waals surface area contributed by atoms with Crippen molar-refractivity contribution in [2.24, 2.45) is 11.3 Å². The number of hydroxylamine groups is 1. The number of ketones is 1. The van der Waals surface area contributed by atoms with Crippen LogP contribution >= 0.6 is 11.6 Å². The van der Waals surface area contributed by atoms with Gasteiger partial charge in [-0.3, -0.25) is 29.0 Å². The van der Waals surface area contributed by atoms with Crippen molar-refractivity contribution in [2.75, 3.05) is 6.54 Å². The molecule has 2 heterocycles. The van der Waals surface area contributed by atoms with Crippen molar-refractivity contribution in [2.45, 2.75) is 176 Å². The number of carbonyl (C=O) groups excluding carboxylic acids is 6. The molecule has 1 aliphatic heterocycles. The van der Waals surface area contributed by atoms with Crippen LogP contribution in [0.4, 0.5) is 0 Å². The van der Waals surface area contributed by atoms with Gasteiger partial charge < -0.3 is 30.4 Å². The molecule has 0 radical (unpaired) electrons. The Balaban J connectivity index is 0.00000161. The second-order valence-electron chi connectivity index (χ2n) is 17.5. The fraction of sp³-hybridized carbons (Fsp3) is 0.652. The number of hydrogen-bond acceptors (Lipinski definition) is 11. The monoisotopic (exact) mass is 883 g/mol. The number of likely N-dealkylation sites (tertiary alicyclic amines) is 1. The van der Waals surface area contributed by atoms with Crippen molar-refractivity contribution in [3.05, 3.63) is 53.1 Å². The highest BCUT2D eigenvalue weighted by Gasteiger charge is 2.48. The van der Waals surface area contributed by atoms with Crippen LogP contribution in [0.15, 0.2) is 36.8 Å². The highest BCUT2D eigenvalue weighted by Crippen LogP contribution is 2.31. The molecule has 1 saturated heterocycles. The molecule has 2 saturated carbocycles. The number of nitrogens with one attached hydrogen (secondary N) is 4. The summed E-state index contributed by atoms with van der Waals surface area (Å²) in [6.07, 6.45) is 12.6. The van der Waals surface area contributed by atoms with Crippen LogP contribution in [0.1, 0.15) is 148 Å². The number of nitrogens with zero attached hydrogens (tertiary/aromatic N) is 3. The predicted molar refractivity (Wildman–Crippen MR) is 238 cm³/mol. The average Bonchev–Trinajstić information content (AvgIpc) is 3.96. The summed E-state index contributed by atoms with van der Waals surface area (Å²) in [6.45, 7) is 17.5. The first-order chi connectivity index (χ1) is 29.5. The van der Waals surface area contributed by atoms with Crippen molar-refractivity contribution < 1.29 is 38.3 Å². The minimum atomic E-state index is -1.18. The minimum Gasteiger partial charge on any atom is -0.488 e. The summed E-state index contributed by atoms with van der Waals surface area (Å²) in [5.41, 5.74) is 2.50. The van der Waals surface area contributed by atoms with Gasteiger partial charge in [-0.1, -0.05) is 106 Å². The number of rotatable bonds is 16. The molecule has 1 aromatic carbocycles. The van der Waals surface area contributed by atoms with Gasteiger partial charge in [-0.15, -0.1) is 5.48 Å². The van der Waals surface area contributed by atoms with Crippen molar-refractivity contribution >= 4 is 47.0 Å². The van der Waals surface area contributed by atoms with E-state index < -0.39 is 71.1 Å². The van der Waals surface area contributed by atoms with Gasteiger partial charge in [0.1, 0.15) is 41.7 Å². The lowest BCUT2D eigenvalue weighted by Crippen LogP contribution is -2.61. The molecule has 0 bridgehead atoms. The van der Waals surface area contributed by atoms with Crippen LogP contribution in [0.5, 0.6) is 5.75 Å². The van der Waals surface area contributed by atoms with Crippen LogP contribution in [0.3, 0.4) is 0 Å². The Kier molecular flexibility index (Phi) is 21.2. The molecule has 0 spiro atoms. The van der Waals surface area contributed by atoms with Gasteiger partial charge in [-0.05, 0) is 74.1 Å². The quantitative estimate of drug-likeness (QED) is 0.105. The molecule has 2 aromatic rings. The molecule has 344 valence electrons. The van der Waals surface area contributed by atoms with Gasteiger partial charge in [0, 0.05) is 29.9 Å². The molecular weight excluding hydrogens is 814 g/mol. The first-order valence-electron chi connectivity index (χ1n) is 22.4. The molecule has 62 heavy (non-hydrogen) atoms. The lowest BCUT2D eigenvalue weighted by Gasteiger charge is -2.37. The maximum Gasteiger partial charge on any atom is 0.347 e. The molecule has 3 fully saturated rings. The number of Topliss-reactive ketones (excluding diaryl/α,β-unsaturated/α-hetero) is 1. The summed E-state index contributed by atoms with van der Waals surface area (Å²) in [4.78, 5) is 96.6. The molecule has 4 amide bonds. The number of hydrogen-bond donors (Lipinski definition) is 4. The number of aryl methyl sites for hydroxylation is 1. The van der Waals surface area contributed by atoms with Crippen LogP contribution in [-0.2, 0) is 28.8 Å². The van der Waals surface area contributed by atoms with E-state index in [9.17, 15) is 28.8 Å². The second kappa shape index (κ2) is 25.5. The van der Waals surface area contributed by atoms with E-state index in [1.807, 2.05) is 13.8 Å². The first kappa shape index (κ1) is 51.7. The molecule has 2 aliphatic carbocycles. The largest absolute Gasteiger partial charge is 0.488 e. The molecule has 5 atom stereocenters. The summed E-state index contributed by atoms with van der Waals surface area (Å²) in [5.74, 6) is -3.69. The number of benzene rings is 1. The molecule has 1 aromatic heterocycles. The Morgan fingerprint density at radius 3 is 2.15 bits per heavy atom. The molecule has 3 aliphatic rings. The summed E-state index contributed by atoms with van der Waals surface area (Å²) in [5, 5.41) is 9.03. The third-order valence-electron chi connectivity index (χ3n) is 10.5. The van der Waals surface area contributed by atoms with Gasteiger partial charge in [-0.2, -0.15) is 0 Å². The third kappa shape index (κ3) is 15.9. The molecular formula is C46H70ClN7O8. The smallest absolute Gasteiger partial charge is 0.347 e. The number of aromatic nitrogens is 2. The van der Waals surface area contributed by atoms with Gasteiger partial charge in [0.25, 0.3) is 11.8 Å². The maximum absolute atomic E-state index is 14.7. The first-order valence-corrected chi connectivity index (χ1v) is 22.8. The van der Waals surface area contributed by atoms with Gasteiger partial charge >= 0.3 is 5.97 Å². The fourth-order valence-corrected chi connectivity index (χ4v) is 7.27. The van der Waals surface area contributed by atoms with Crippen LogP contribution in [0.2, 0.25) is 5.02 Å². The normalized spacial score (nSPS) is 18.9. The summed E-state index contributed by atoms with van der Waals surface area (Å²) < 4.78 is 6.26. The van der Waals surface area contributed by atoms with Crippen LogP contribution < -0.4 is 26.2 Å². The summed E-state index contributed by atoms with van der Waals surface area (Å²) in [6, 6.07) is 0.747.